The third-order valence-corrected chi connectivity index (χ3v) is 11.0. The van der Waals surface area contributed by atoms with Crippen LogP contribution < -0.4 is 25.8 Å². The molecule has 3 aromatic rings. The van der Waals surface area contributed by atoms with Gasteiger partial charge in [0, 0.05) is 19.6 Å². The van der Waals surface area contributed by atoms with Crippen molar-refractivity contribution in [1.82, 2.24) is 15.4 Å². The van der Waals surface area contributed by atoms with E-state index in [1.807, 2.05) is 48.5 Å². The number of rotatable bonds is 18. The number of esters is 1. The van der Waals surface area contributed by atoms with Gasteiger partial charge in [-0.05, 0) is 86.8 Å². The van der Waals surface area contributed by atoms with Crippen LogP contribution in [0.4, 0.5) is 4.79 Å². The van der Waals surface area contributed by atoms with E-state index in [0.29, 0.717) is 35.5 Å². The molecule has 0 saturated carbocycles. The summed E-state index contributed by atoms with van der Waals surface area (Å²) >= 11 is 0. The molecule has 0 radical (unpaired) electrons. The molecule has 16 heteroatoms. The van der Waals surface area contributed by atoms with Crippen molar-refractivity contribution in [3.05, 3.63) is 94.5 Å². The van der Waals surface area contributed by atoms with Crippen LogP contribution in [0.3, 0.4) is 0 Å². The van der Waals surface area contributed by atoms with Gasteiger partial charge in [0.2, 0.25) is 5.96 Å². The minimum Gasteiger partial charge on any atom is -0.496 e. The molecule has 0 aromatic heterocycles. The van der Waals surface area contributed by atoms with Crippen LogP contribution in [0.1, 0.15) is 59.9 Å². The number of carbonyl (C=O) groups excluding carboxylic acids is 3. The molecule has 1 aliphatic rings. The number of methoxy groups -OCH3 is 2. The van der Waals surface area contributed by atoms with Gasteiger partial charge in [0.25, 0.3) is 15.9 Å². The summed E-state index contributed by atoms with van der Waals surface area (Å²) in [5, 5.41) is 5.55. The molecule has 56 heavy (non-hydrogen) atoms. The second kappa shape index (κ2) is 21.2. The minimum atomic E-state index is -4.11. The van der Waals surface area contributed by atoms with Gasteiger partial charge >= 0.3 is 12.1 Å². The predicted molar refractivity (Wildman–Crippen MR) is 209 cm³/mol. The summed E-state index contributed by atoms with van der Waals surface area (Å²) < 4.78 is 57.1. The molecule has 15 nitrogen and oxygen atoms in total. The summed E-state index contributed by atoms with van der Waals surface area (Å²) in [5.74, 6) is -1.12. The normalized spacial score (nSPS) is 16.2. The number of nitrogens with zero attached hydrogens (tertiary/aromatic N) is 1. The van der Waals surface area contributed by atoms with E-state index in [9.17, 15) is 22.8 Å². The van der Waals surface area contributed by atoms with E-state index in [1.165, 1.54) is 14.2 Å². The number of alkyl carbamates (subject to hydrolysis) is 1. The quantitative estimate of drug-likeness (QED) is 0.0624. The topological polar surface area (TPSA) is 206 Å². The van der Waals surface area contributed by atoms with Crippen LogP contribution in [0.25, 0.3) is 0 Å². The fourth-order valence-electron chi connectivity index (χ4n) is 6.35. The summed E-state index contributed by atoms with van der Waals surface area (Å²) in [6.07, 6.45) is -0.327. The Morgan fingerprint density at radius 3 is 2.25 bits per heavy atom. The standard InChI is InChI=1S/C40H53N5O10S/c1-26-23-33(51-4)27(2)28(3)36(26)56(49,50)45-39(41)42-21-14-19-31(44-40(48)54-25-30-17-10-7-11-18-30)35(55-34-20-12-13-22-53-34)37(46)43-32(38(47)52-5)24-29-15-8-6-9-16-29/h6-11,15-18,23,31-32,34-35H,12-14,19-22,24-25H2,1-5H3,(H,43,46)(H,44,48)(H3,41,42,45)/t31-,32+,34?,35?/m0/s1. The van der Waals surface area contributed by atoms with Crippen molar-refractivity contribution in [2.24, 2.45) is 10.7 Å². The molecule has 2 amide bonds. The van der Waals surface area contributed by atoms with Gasteiger partial charge in [-0.3, -0.25) is 9.79 Å². The summed E-state index contributed by atoms with van der Waals surface area (Å²) in [5.41, 5.74) is 9.27. The van der Waals surface area contributed by atoms with E-state index in [1.54, 1.807) is 39.0 Å². The third-order valence-electron chi connectivity index (χ3n) is 9.32. The van der Waals surface area contributed by atoms with Crippen molar-refractivity contribution in [3.63, 3.8) is 0 Å². The van der Waals surface area contributed by atoms with E-state index in [2.05, 4.69) is 20.3 Å². The molecule has 2 unspecified atom stereocenters. The fraction of sp³-hybridized carbons (Fsp3) is 0.450. The average Bonchev–Trinajstić information content (AvgIpc) is 3.19. The van der Waals surface area contributed by atoms with E-state index >= 15 is 0 Å². The lowest BCUT2D eigenvalue weighted by Gasteiger charge is -2.32. The van der Waals surface area contributed by atoms with Gasteiger partial charge in [-0.25, -0.2) is 22.7 Å². The van der Waals surface area contributed by atoms with Crippen LogP contribution in [-0.2, 0) is 51.6 Å². The summed E-state index contributed by atoms with van der Waals surface area (Å²) in [6.45, 7) is 5.52. The van der Waals surface area contributed by atoms with Crippen LogP contribution in [0.15, 0.2) is 76.6 Å². The Morgan fingerprint density at radius 1 is 0.946 bits per heavy atom. The van der Waals surface area contributed by atoms with Crippen LogP contribution in [-0.4, -0.2) is 84.2 Å². The zero-order valence-corrected chi connectivity index (χ0v) is 33.4. The van der Waals surface area contributed by atoms with E-state index in [-0.39, 0.29) is 43.3 Å². The second-order valence-corrected chi connectivity index (χ2v) is 15.0. The maximum Gasteiger partial charge on any atom is 0.407 e. The van der Waals surface area contributed by atoms with Crippen LogP contribution in [0, 0.1) is 20.8 Å². The van der Waals surface area contributed by atoms with Gasteiger partial charge < -0.3 is 40.1 Å². The lowest BCUT2D eigenvalue weighted by atomic mass is 10.0. The highest BCUT2D eigenvalue weighted by Gasteiger charge is 2.36. The molecule has 0 bridgehead atoms. The van der Waals surface area contributed by atoms with Crippen LogP contribution in [0.2, 0.25) is 0 Å². The zero-order valence-electron chi connectivity index (χ0n) is 32.5. The number of aryl methyl sites for hydroxylation is 1. The predicted octanol–water partition coefficient (Wildman–Crippen LogP) is 4.10. The lowest BCUT2D eigenvalue weighted by Crippen LogP contribution is -2.56. The number of aliphatic imine (C=N–C) groups is 1. The molecule has 4 atom stereocenters. The first kappa shape index (κ1) is 43.5. The zero-order chi connectivity index (χ0) is 40.7. The number of benzene rings is 3. The molecule has 3 aromatic carbocycles. The van der Waals surface area contributed by atoms with Crippen molar-refractivity contribution in [1.29, 1.82) is 0 Å². The molecule has 4 rings (SSSR count). The molecule has 1 saturated heterocycles. The molecule has 0 spiro atoms. The first-order chi connectivity index (χ1) is 26.8. The fourth-order valence-corrected chi connectivity index (χ4v) is 7.84. The average molecular weight is 796 g/mol. The Morgan fingerprint density at radius 2 is 1.62 bits per heavy atom. The van der Waals surface area contributed by atoms with Gasteiger partial charge in [0.1, 0.15) is 18.4 Å². The highest BCUT2D eigenvalue weighted by atomic mass is 32.2. The smallest absolute Gasteiger partial charge is 0.407 e. The molecule has 0 aliphatic carbocycles. The van der Waals surface area contributed by atoms with Gasteiger partial charge in [0.15, 0.2) is 12.4 Å². The second-order valence-electron chi connectivity index (χ2n) is 13.4. The lowest BCUT2D eigenvalue weighted by molar-refractivity contribution is -0.197. The molecular formula is C40H53N5O10S. The molecule has 1 fully saturated rings. The summed E-state index contributed by atoms with van der Waals surface area (Å²) in [7, 11) is -1.36. The molecule has 5 N–H and O–H groups in total. The number of hydrogen-bond acceptors (Lipinski definition) is 11. The number of nitrogens with one attached hydrogen (secondary N) is 3. The third kappa shape index (κ3) is 12.7. The van der Waals surface area contributed by atoms with Crippen LogP contribution >= 0.6 is 0 Å². The maximum atomic E-state index is 14.2. The van der Waals surface area contributed by atoms with Crippen LogP contribution in [0.5, 0.6) is 5.75 Å². The van der Waals surface area contributed by atoms with Gasteiger partial charge in [-0.2, -0.15) is 0 Å². The summed E-state index contributed by atoms with van der Waals surface area (Å²) in [4.78, 5) is 44.6. The monoisotopic (exact) mass is 795 g/mol. The number of amides is 2. The first-order valence-electron chi connectivity index (χ1n) is 18.5. The Hall–Kier alpha value is -5.19. The maximum absolute atomic E-state index is 14.2. The number of guanidine groups is 1. The molecule has 1 aliphatic heterocycles. The minimum absolute atomic E-state index is 0.0122. The first-order valence-corrected chi connectivity index (χ1v) is 19.9. The summed E-state index contributed by atoms with van der Waals surface area (Å²) in [6, 6.07) is 17.8. The van der Waals surface area contributed by atoms with E-state index in [4.69, 9.17) is 29.4 Å². The number of nitrogens with two attached hydrogens (primary N) is 1. The van der Waals surface area contributed by atoms with Gasteiger partial charge in [-0.1, -0.05) is 60.7 Å². The number of sulfonamides is 1. The molecular weight excluding hydrogens is 743 g/mol. The van der Waals surface area contributed by atoms with Gasteiger partial charge in [0.05, 0.1) is 25.2 Å². The van der Waals surface area contributed by atoms with Crippen molar-refractivity contribution < 1.29 is 46.5 Å². The number of carbonyl (C=O) groups is 3. The SMILES string of the molecule is COC(=O)[C@@H](Cc1ccccc1)NC(=O)C(OC1CCCCO1)[C@H](CCCN=C(N)NS(=O)(=O)c1c(C)cc(OC)c(C)c1C)NC(=O)OCc1ccccc1. The van der Waals surface area contributed by atoms with Crippen molar-refractivity contribution in [2.75, 3.05) is 27.4 Å². The largest absolute Gasteiger partial charge is 0.496 e. The van der Waals surface area contributed by atoms with Gasteiger partial charge in [-0.15, -0.1) is 0 Å². The van der Waals surface area contributed by atoms with E-state index in [0.717, 1.165) is 24.0 Å². The Balaban J connectivity index is 1.55. The molecule has 1 heterocycles. The van der Waals surface area contributed by atoms with Crippen molar-refractivity contribution in [3.8, 4) is 5.75 Å². The van der Waals surface area contributed by atoms with Crippen molar-refractivity contribution >= 4 is 34.0 Å². The van der Waals surface area contributed by atoms with Crippen molar-refractivity contribution in [2.45, 2.75) is 95.3 Å². The van der Waals surface area contributed by atoms with E-state index < -0.39 is 52.5 Å². The Kier molecular flexibility index (Phi) is 16.5. The highest BCUT2D eigenvalue weighted by molar-refractivity contribution is 7.90. The Labute approximate surface area is 328 Å². The highest BCUT2D eigenvalue weighted by Crippen LogP contribution is 2.30. The number of ether oxygens (including phenoxy) is 5. The molecule has 304 valence electrons. The number of hydrogen-bond donors (Lipinski definition) is 4. The Bertz CT molecular complexity index is 1910.